The zero-order valence-corrected chi connectivity index (χ0v) is 24.9. The molecular weight excluding hydrogens is 562 g/mol. The van der Waals surface area contributed by atoms with Crippen molar-refractivity contribution >= 4 is 46.0 Å². The van der Waals surface area contributed by atoms with Crippen molar-refractivity contribution in [2.24, 2.45) is 0 Å². The topological polar surface area (TPSA) is 115 Å². The van der Waals surface area contributed by atoms with Crippen LogP contribution >= 0.6 is 11.8 Å². The summed E-state index contributed by atoms with van der Waals surface area (Å²) in [5.41, 5.74) is 4.56. The second-order valence-electron chi connectivity index (χ2n) is 9.80. The number of rotatable bonds is 10. The van der Waals surface area contributed by atoms with E-state index in [4.69, 9.17) is 4.74 Å². The monoisotopic (exact) mass is 593 g/mol. The van der Waals surface area contributed by atoms with Crippen molar-refractivity contribution in [3.05, 3.63) is 113 Å². The molecule has 5 rings (SSSR count). The van der Waals surface area contributed by atoms with Crippen LogP contribution in [0.2, 0.25) is 0 Å². The lowest BCUT2D eigenvalue weighted by Gasteiger charge is -2.15. The third-order valence-corrected chi connectivity index (χ3v) is 7.90. The number of aryl methyl sites for hydroxylation is 1. The molecule has 5 aromatic rings. The predicted molar refractivity (Wildman–Crippen MR) is 168 cm³/mol. The lowest BCUT2D eigenvalue weighted by atomic mass is 10.0. The normalized spacial score (nSPS) is 10.9. The Hall–Kier alpha value is -4.96. The Labute approximate surface area is 253 Å². The molecule has 1 heterocycles. The largest absolute Gasteiger partial charge is 0.462 e. The average Bonchev–Trinajstić information content (AvgIpc) is 3.42. The molecule has 0 radical (unpaired) electrons. The number of anilines is 1. The van der Waals surface area contributed by atoms with Gasteiger partial charge in [0.1, 0.15) is 0 Å². The summed E-state index contributed by atoms with van der Waals surface area (Å²) in [5, 5.41) is 17.0. The number of thioether (sulfide) groups is 1. The van der Waals surface area contributed by atoms with E-state index in [1.807, 2.05) is 73.0 Å². The standard InChI is InChI=1S/C33H31N5O4S/c1-4-42-32(41)24-15-17-25(18-16-24)35-30(39)20-43-33-37-36-29(38(33)28-14-7-9-21(2)22(28)3)19-34-31(40)27-13-8-11-23-10-5-6-12-26(23)27/h5-18H,4,19-20H2,1-3H3,(H,34,40)(H,35,39). The summed E-state index contributed by atoms with van der Waals surface area (Å²) in [7, 11) is 0. The van der Waals surface area contributed by atoms with Gasteiger partial charge in [0.2, 0.25) is 5.91 Å². The Balaban J connectivity index is 1.33. The van der Waals surface area contributed by atoms with Crippen LogP contribution in [0.15, 0.2) is 90.1 Å². The van der Waals surface area contributed by atoms with Crippen molar-refractivity contribution < 1.29 is 19.1 Å². The first-order chi connectivity index (χ1) is 20.9. The minimum absolute atomic E-state index is 0.0744. The second kappa shape index (κ2) is 13.3. The molecule has 10 heteroatoms. The molecular formula is C33H31N5O4S. The number of aromatic nitrogens is 3. The van der Waals surface area contributed by atoms with E-state index < -0.39 is 5.97 Å². The summed E-state index contributed by atoms with van der Waals surface area (Å²) in [6.45, 7) is 6.22. The number of fused-ring (bicyclic) bond motifs is 1. The van der Waals surface area contributed by atoms with Gasteiger partial charge in [-0.15, -0.1) is 10.2 Å². The first kappa shape index (κ1) is 29.5. The highest BCUT2D eigenvalue weighted by atomic mass is 32.2. The number of benzene rings is 4. The van der Waals surface area contributed by atoms with Gasteiger partial charge in [-0.1, -0.05) is 60.3 Å². The van der Waals surface area contributed by atoms with Crippen molar-refractivity contribution in [3.8, 4) is 5.69 Å². The summed E-state index contributed by atoms with van der Waals surface area (Å²) < 4.78 is 6.89. The van der Waals surface area contributed by atoms with E-state index in [0.29, 0.717) is 34.4 Å². The molecule has 0 aliphatic carbocycles. The van der Waals surface area contributed by atoms with Crippen LogP contribution in [0.4, 0.5) is 5.69 Å². The predicted octanol–water partition coefficient (Wildman–Crippen LogP) is 5.87. The zero-order valence-electron chi connectivity index (χ0n) is 24.1. The summed E-state index contributed by atoms with van der Waals surface area (Å²) >= 11 is 1.24. The lowest BCUT2D eigenvalue weighted by molar-refractivity contribution is -0.113. The van der Waals surface area contributed by atoms with Gasteiger partial charge in [0.25, 0.3) is 5.91 Å². The number of hydrogen-bond acceptors (Lipinski definition) is 7. The molecule has 0 aliphatic rings. The summed E-state index contributed by atoms with van der Waals surface area (Å²) in [6, 6.07) is 25.9. The minimum Gasteiger partial charge on any atom is -0.462 e. The van der Waals surface area contributed by atoms with Gasteiger partial charge in [0.15, 0.2) is 11.0 Å². The number of nitrogens with zero attached hydrogens (tertiary/aromatic N) is 3. The maximum atomic E-state index is 13.2. The first-order valence-electron chi connectivity index (χ1n) is 13.8. The zero-order chi connectivity index (χ0) is 30.3. The van der Waals surface area contributed by atoms with Gasteiger partial charge in [-0.25, -0.2) is 4.79 Å². The number of carbonyl (C=O) groups is 3. The van der Waals surface area contributed by atoms with Crippen LogP contribution in [0, 0.1) is 13.8 Å². The van der Waals surface area contributed by atoms with Crippen LogP contribution in [0.5, 0.6) is 0 Å². The fourth-order valence-electron chi connectivity index (χ4n) is 4.64. The van der Waals surface area contributed by atoms with Crippen molar-refractivity contribution in [1.82, 2.24) is 20.1 Å². The summed E-state index contributed by atoms with van der Waals surface area (Å²) in [4.78, 5) is 37.9. The van der Waals surface area contributed by atoms with Gasteiger partial charge in [-0.2, -0.15) is 0 Å². The number of nitrogens with one attached hydrogen (secondary N) is 2. The molecule has 0 bridgehead atoms. The quantitative estimate of drug-likeness (QED) is 0.154. The highest BCUT2D eigenvalue weighted by molar-refractivity contribution is 7.99. The number of esters is 1. The summed E-state index contributed by atoms with van der Waals surface area (Å²) in [5.74, 6) is -0.249. The number of carbonyl (C=O) groups excluding carboxylic acids is 3. The molecule has 1 aromatic heterocycles. The molecule has 0 saturated carbocycles. The average molecular weight is 594 g/mol. The molecule has 0 spiro atoms. The van der Waals surface area contributed by atoms with Crippen LogP contribution in [0.25, 0.3) is 16.5 Å². The van der Waals surface area contributed by atoms with E-state index in [2.05, 4.69) is 20.8 Å². The van der Waals surface area contributed by atoms with E-state index in [-0.39, 0.29) is 24.1 Å². The molecule has 2 N–H and O–H groups in total. The molecule has 0 aliphatic heterocycles. The van der Waals surface area contributed by atoms with E-state index in [0.717, 1.165) is 27.6 Å². The van der Waals surface area contributed by atoms with E-state index in [9.17, 15) is 14.4 Å². The fraction of sp³-hybridized carbons (Fsp3) is 0.182. The molecule has 0 unspecified atom stereocenters. The van der Waals surface area contributed by atoms with Gasteiger partial charge in [0, 0.05) is 11.3 Å². The number of amides is 2. The molecule has 0 saturated heterocycles. The summed E-state index contributed by atoms with van der Waals surface area (Å²) in [6.07, 6.45) is 0. The van der Waals surface area contributed by atoms with Crippen LogP contribution in [-0.2, 0) is 16.1 Å². The van der Waals surface area contributed by atoms with Gasteiger partial charge in [0.05, 0.1) is 30.2 Å². The van der Waals surface area contributed by atoms with Crippen molar-refractivity contribution in [1.29, 1.82) is 0 Å². The Bertz CT molecular complexity index is 1790. The highest BCUT2D eigenvalue weighted by Crippen LogP contribution is 2.26. The molecule has 218 valence electrons. The lowest BCUT2D eigenvalue weighted by Crippen LogP contribution is -2.25. The van der Waals surface area contributed by atoms with Gasteiger partial charge < -0.3 is 15.4 Å². The van der Waals surface area contributed by atoms with Gasteiger partial charge in [-0.3, -0.25) is 14.2 Å². The third kappa shape index (κ3) is 6.76. The molecule has 43 heavy (non-hydrogen) atoms. The van der Waals surface area contributed by atoms with Crippen LogP contribution in [-0.4, -0.2) is 44.9 Å². The molecule has 0 fully saturated rings. The number of hydrogen-bond donors (Lipinski definition) is 2. The van der Waals surface area contributed by atoms with Crippen molar-refractivity contribution in [2.75, 3.05) is 17.7 Å². The highest BCUT2D eigenvalue weighted by Gasteiger charge is 2.19. The Morgan fingerprint density at radius 1 is 0.884 bits per heavy atom. The maximum absolute atomic E-state index is 13.2. The molecule has 0 atom stereocenters. The molecule has 2 amide bonds. The molecule has 4 aromatic carbocycles. The van der Waals surface area contributed by atoms with E-state index in [1.165, 1.54) is 11.8 Å². The number of ether oxygens (including phenoxy) is 1. The van der Waals surface area contributed by atoms with E-state index >= 15 is 0 Å². The Morgan fingerprint density at radius 2 is 1.63 bits per heavy atom. The third-order valence-electron chi connectivity index (χ3n) is 6.97. The van der Waals surface area contributed by atoms with Crippen molar-refractivity contribution in [3.63, 3.8) is 0 Å². The van der Waals surface area contributed by atoms with Crippen LogP contribution in [0.3, 0.4) is 0 Å². The maximum Gasteiger partial charge on any atom is 0.338 e. The van der Waals surface area contributed by atoms with E-state index in [1.54, 1.807) is 37.3 Å². The van der Waals surface area contributed by atoms with Crippen LogP contribution in [0.1, 0.15) is 44.6 Å². The van der Waals surface area contributed by atoms with Gasteiger partial charge in [-0.05, 0) is 79.1 Å². The van der Waals surface area contributed by atoms with Crippen molar-refractivity contribution in [2.45, 2.75) is 32.5 Å². The smallest absolute Gasteiger partial charge is 0.338 e. The Morgan fingerprint density at radius 3 is 2.42 bits per heavy atom. The minimum atomic E-state index is -0.411. The SMILES string of the molecule is CCOC(=O)c1ccc(NC(=O)CSc2nnc(CNC(=O)c3cccc4ccccc34)n2-c2cccc(C)c2C)cc1. The Kier molecular flexibility index (Phi) is 9.17. The van der Waals surface area contributed by atoms with Crippen LogP contribution < -0.4 is 10.6 Å². The fourth-order valence-corrected chi connectivity index (χ4v) is 5.40. The molecule has 9 nitrogen and oxygen atoms in total. The second-order valence-corrected chi connectivity index (χ2v) is 10.7. The first-order valence-corrected chi connectivity index (χ1v) is 14.8. The van der Waals surface area contributed by atoms with Gasteiger partial charge >= 0.3 is 5.97 Å².